The second-order valence-corrected chi connectivity index (χ2v) is 6.95. The Kier molecular flexibility index (Phi) is 4.68. The molecule has 2 aliphatic rings. The molecule has 0 spiro atoms. The molecule has 1 aromatic carbocycles. The molecular weight excluding hydrogens is 378 g/mol. The van der Waals surface area contributed by atoms with Crippen LogP contribution in [0.4, 0.5) is 11.4 Å². The van der Waals surface area contributed by atoms with Crippen LogP contribution in [0.1, 0.15) is 30.8 Å². The Morgan fingerprint density at radius 3 is 2.62 bits per heavy atom. The van der Waals surface area contributed by atoms with Gasteiger partial charge in [0.2, 0.25) is 0 Å². The molecule has 2 atom stereocenters. The summed E-state index contributed by atoms with van der Waals surface area (Å²) < 4.78 is 16.4. The second kappa shape index (κ2) is 7.31. The molecule has 2 aromatic rings. The van der Waals surface area contributed by atoms with Gasteiger partial charge < -0.3 is 19.2 Å². The van der Waals surface area contributed by atoms with E-state index in [1.165, 1.54) is 18.2 Å². The van der Waals surface area contributed by atoms with Gasteiger partial charge in [-0.2, -0.15) is 5.26 Å². The summed E-state index contributed by atoms with van der Waals surface area (Å²) >= 11 is 0. The fraction of sp³-hybridized carbons (Fsp3) is 0.300. The maximum atomic E-state index is 12.6. The largest absolute Gasteiger partial charge is 0.486 e. The number of benzene rings is 1. The molecular formula is C20H17N3O6. The highest BCUT2D eigenvalue weighted by atomic mass is 16.6. The molecule has 0 radical (unpaired) electrons. The van der Waals surface area contributed by atoms with Crippen LogP contribution in [0.15, 0.2) is 34.3 Å². The lowest BCUT2D eigenvalue weighted by Gasteiger charge is -2.19. The van der Waals surface area contributed by atoms with Crippen LogP contribution in [-0.2, 0) is 4.79 Å². The number of nitrogens with one attached hydrogen (secondary N) is 1. The van der Waals surface area contributed by atoms with Gasteiger partial charge in [-0.3, -0.25) is 14.9 Å². The van der Waals surface area contributed by atoms with Gasteiger partial charge in [0.05, 0.1) is 11.0 Å². The highest BCUT2D eigenvalue weighted by molar-refractivity contribution is 6.10. The number of carbonyl (C=O) groups excluding carboxylic acids is 1. The lowest BCUT2D eigenvalue weighted by Crippen LogP contribution is -2.18. The van der Waals surface area contributed by atoms with Gasteiger partial charge in [0, 0.05) is 18.1 Å². The van der Waals surface area contributed by atoms with Gasteiger partial charge in [-0.15, -0.1) is 0 Å². The number of furan rings is 1. The number of hydrogen-bond donors (Lipinski definition) is 1. The number of anilines is 1. The molecule has 1 aromatic heterocycles. The minimum atomic E-state index is -0.787. The lowest BCUT2D eigenvalue weighted by molar-refractivity contribution is -0.384. The minimum absolute atomic E-state index is 0.0858. The van der Waals surface area contributed by atoms with Gasteiger partial charge in [0.15, 0.2) is 11.5 Å². The highest BCUT2D eigenvalue weighted by Crippen LogP contribution is 2.47. The van der Waals surface area contributed by atoms with Crippen LogP contribution in [0.3, 0.4) is 0 Å². The van der Waals surface area contributed by atoms with Gasteiger partial charge >= 0.3 is 0 Å². The molecule has 148 valence electrons. The van der Waals surface area contributed by atoms with Gasteiger partial charge in [0.1, 0.15) is 42.1 Å². The number of ether oxygens (including phenoxy) is 2. The molecule has 1 amide bonds. The number of nitro groups is 1. The van der Waals surface area contributed by atoms with Crippen molar-refractivity contribution in [2.75, 3.05) is 18.5 Å². The molecule has 29 heavy (non-hydrogen) atoms. The zero-order valence-electron chi connectivity index (χ0n) is 15.5. The average molecular weight is 395 g/mol. The maximum absolute atomic E-state index is 12.6. The van der Waals surface area contributed by atoms with Crippen molar-refractivity contribution in [3.05, 3.63) is 51.5 Å². The van der Waals surface area contributed by atoms with Crippen molar-refractivity contribution in [2.45, 2.75) is 19.3 Å². The summed E-state index contributed by atoms with van der Waals surface area (Å²) in [5.74, 6) is 1.86. The van der Waals surface area contributed by atoms with E-state index in [1.54, 1.807) is 6.07 Å². The van der Waals surface area contributed by atoms with Gasteiger partial charge in [-0.1, -0.05) is 6.92 Å². The topological polar surface area (TPSA) is 128 Å². The first kappa shape index (κ1) is 18.6. The molecule has 9 nitrogen and oxygen atoms in total. The number of nitrogens with zero attached hydrogens (tertiary/aromatic N) is 2. The highest BCUT2D eigenvalue weighted by Gasteiger charge is 2.36. The van der Waals surface area contributed by atoms with E-state index in [2.05, 4.69) is 12.2 Å². The van der Waals surface area contributed by atoms with Crippen LogP contribution in [0.25, 0.3) is 6.08 Å². The average Bonchev–Trinajstić information content (AvgIpc) is 3.25. The van der Waals surface area contributed by atoms with Crippen LogP contribution in [0.5, 0.6) is 11.5 Å². The number of rotatable bonds is 5. The molecule has 0 unspecified atom stereocenters. The first-order valence-corrected chi connectivity index (χ1v) is 9.07. The number of nitriles is 1. The van der Waals surface area contributed by atoms with Crippen LogP contribution >= 0.6 is 0 Å². The summed E-state index contributed by atoms with van der Waals surface area (Å²) in [6, 6.07) is 7.84. The van der Waals surface area contributed by atoms with E-state index in [1.807, 2.05) is 12.1 Å². The van der Waals surface area contributed by atoms with E-state index in [9.17, 15) is 20.2 Å². The van der Waals surface area contributed by atoms with Crippen LogP contribution in [0, 0.1) is 27.4 Å². The van der Waals surface area contributed by atoms with E-state index in [0.29, 0.717) is 24.2 Å². The number of carbonyl (C=O) groups is 1. The molecule has 1 fully saturated rings. The molecule has 9 heteroatoms. The van der Waals surface area contributed by atoms with Gasteiger partial charge in [0.25, 0.3) is 11.6 Å². The Morgan fingerprint density at radius 2 is 2.00 bits per heavy atom. The van der Waals surface area contributed by atoms with Crippen LogP contribution in [0.2, 0.25) is 0 Å². The van der Waals surface area contributed by atoms with Crippen molar-refractivity contribution in [3.8, 4) is 17.6 Å². The molecule has 4 rings (SSSR count). The fourth-order valence-electron chi connectivity index (χ4n) is 3.17. The number of nitro benzene ring substituents is 1. The Bertz CT molecular complexity index is 1060. The first-order chi connectivity index (χ1) is 14.0. The molecule has 0 bridgehead atoms. The molecule has 1 N–H and O–H groups in total. The summed E-state index contributed by atoms with van der Waals surface area (Å²) in [5, 5.41) is 23.2. The standard InChI is InChI=1S/C20H17N3O6/c1-11-6-14(11)17-3-2-13(29-17)7-12(10-21)20(24)22-15-8-18-19(28-5-4-27-18)9-16(15)23(25)26/h2-3,7-9,11,14H,4-6H2,1H3,(H,22,24)/b12-7+/t11-,14-/m0/s1. The van der Waals surface area contributed by atoms with E-state index >= 15 is 0 Å². The van der Waals surface area contributed by atoms with Crippen molar-refractivity contribution in [2.24, 2.45) is 5.92 Å². The third-order valence-corrected chi connectivity index (χ3v) is 4.88. The SMILES string of the molecule is C[C@H]1C[C@@H]1c1ccc(/C=C(\C#N)C(=O)Nc2cc3c(cc2[N+](=O)[O-])OCCO3)o1. The predicted octanol–water partition coefficient (Wildman–Crippen LogP) is 3.63. The zero-order valence-corrected chi connectivity index (χ0v) is 15.5. The third-order valence-electron chi connectivity index (χ3n) is 4.88. The maximum Gasteiger partial charge on any atom is 0.296 e. The smallest absolute Gasteiger partial charge is 0.296 e. The Hall–Kier alpha value is -3.80. The summed E-state index contributed by atoms with van der Waals surface area (Å²) in [6.07, 6.45) is 2.37. The minimum Gasteiger partial charge on any atom is -0.486 e. The van der Waals surface area contributed by atoms with E-state index in [0.717, 1.165) is 12.2 Å². The first-order valence-electron chi connectivity index (χ1n) is 9.07. The predicted molar refractivity (Wildman–Crippen MR) is 102 cm³/mol. The van der Waals surface area contributed by atoms with Crippen LogP contribution in [-0.4, -0.2) is 24.0 Å². The van der Waals surface area contributed by atoms with E-state index < -0.39 is 10.8 Å². The normalized spacial score (nSPS) is 19.9. The van der Waals surface area contributed by atoms with Crippen molar-refractivity contribution in [3.63, 3.8) is 0 Å². The van der Waals surface area contributed by atoms with Crippen molar-refractivity contribution < 1.29 is 23.6 Å². The fourth-order valence-corrected chi connectivity index (χ4v) is 3.17. The third kappa shape index (κ3) is 3.78. The number of amides is 1. The van der Waals surface area contributed by atoms with Gasteiger partial charge in [-0.05, 0) is 24.5 Å². The molecule has 1 saturated carbocycles. The Labute approximate surface area is 165 Å². The summed E-state index contributed by atoms with van der Waals surface area (Å²) in [5.41, 5.74) is -0.681. The lowest BCUT2D eigenvalue weighted by atomic mass is 10.2. The quantitative estimate of drug-likeness (QED) is 0.354. The van der Waals surface area contributed by atoms with Gasteiger partial charge in [-0.25, -0.2) is 0 Å². The number of fused-ring (bicyclic) bond motifs is 1. The molecule has 0 saturated heterocycles. The van der Waals surface area contributed by atoms with Crippen molar-refractivity contribution in [1.29, 1.82) is 5.26 Å². The number of hydrogen-bond acceptors (Lipinski definition) is 7. The summed E-state index contributed by atoms with van der Waals surface area (Å²) in [7, 11) is 0. The molecule has 1 aliphatic heterocycles. The Morgan fingerprint density at radius 1 is 1.31 bits per heavy atom. The molecule has 1 aliphatic carbocycles. The van der Waals surface area contributed by atoms with Crippen molar-refractivity contribution >= 4 is 23.4 Å². The summed E-state index contributed by atoms with van der Waals surface area (Å²) in [6.45, 7) is 2.70. The van der Waals surface area contributed by atoms with E-state index in [-0.39, 0.29) is 35.1 Å². The zero-order chi connectivity index (χ0) is 20.5. The summed E-state index contributed by atoms with van der Waals surface area (Å²) in [4.78, 5) is 23.3. The second-order valence-electron chi connectivity index (χ2n) is 6.95. The van der Waals surface area contributed by atoms with Crippen LogP contribution < -0.4 is 14.8 Å². The van der Waals surface area contributed by atoms with E-state index in [4.69, 9.17) is 13.9 Å². The Balaban J connectivity index is 1.58. The van der Waals surface area contributed by atoms with Crippen molar-refractivity contribution in [1.82, 2.24) is 0 Å². The monoisotopic (exact) mass is 395 g/mol. The molecule has 2 heterocycles.